The van der Waals surface area contributed by atoms with Crippen molar-refractivity contribution in [2.75, 3.05) is 6.54 Å². The van der Waals surface area contributed by atoms with Crippen LogP contribution in [0.2, 0.25) is 0 Å². The number of aryl methyl sites for hydroxylation is 2. The number of hydrogen-bond donors (Lipinski definition) is 1. The first-order chi connectivity index (χ1) is 10.2. The molecule has 0 aliphatic carbocycles. The first-order valence-corrected chi connectivity index (χ1v) is 7.41. The Labute approximate surface area is 123 Å². The van der Waals surface area contributed by atoms with Gasteiger partial charge in [-0.15, -0.1) is 0 Å². The third kappa shape index (κ3) is 2.57. The summed E-state index contributed by atoms with van der Waals surface area (Å²) in [5.74, 6) is -0.0596. The van der Waals surface area contributed by atoms with Gasteiger partial charge in [0.1, 0.15) is 6.26 Å². The molecule has 2 aromatic rings. The van der Waals surface area contributed by atoms with Crippen LogP contribution < -0.4 is 0 Å². The topological polar surface area (TPSA) is 75.0 Å². The Morgan fingerprint density at radius 3 is 2.90 bits per heavy atom. The Kier molecular flexibility index (Phi) is 3.77. The number of likely N-dealkylation sites (tertiary alicyclic amines) is 1. The second kappa shape index (κ2) is 5.71. The summed E-state index contributed by atoms with van der Waals surface area (Å²) in [5, 5.41) is 11.1. The number of H-pyrrole nitrogens is 1. The van der Waals surface area contributed by atoms with Crippen LogP contribution in [0.4, 0.5) is 0 Å². The SMILES string of the molecule is Cc1n[nH]c(C)c1[C@H]1CCCCCN1C(=O)c1ccon1. The summed E-state index contributed by atoms with van der Waals surface area (Å²) in [6, 6.07) is 1.69. The van der Waals surface area contributed by atoms with Crippen LogP contribution in [0.5, 0.6) is 0 Å². The van der Waals surface area contributed by atoms with E-state index >= 15 is 0 Å². The van der Waals surface area contributed by atoms with Gasteiger partial charge in [0.05, 0.1) is 11.7 Å². The number of aromatic amines is 1. The van der Waals surface area contributed by atoms with Gasteiger partial charge in [0, 0.05) is 23.9 Å². The van der Waals surface area contributed by atoms with Crippen molar-refractivity contribution < 1.29 is 9.32 Å². The molecule has 1 fully saturated rings. The fraction of sp³-hybridized carbons (Fsp3) is 0.533. The van der Waals surface area contributed by atoms with Crippen molar-refractivity contribution in [3.8, 4) is 0 Å². The molecule has 1 aliphatic rings. The number of carbonyl (C=O) groups is 1. The summed E-state index contributed by atoms with van der Waals surface area (Å²) in [4.78, 5) is 14.6. The molecule has 0 saturated carbocycles. The maximum atomic E-state index is 12.7. The van der Waals surface area contributed by atoms with Crippen molar-refractivity contribution in [2.45, 2.75) is 45.6 Å². The lowest BCUT2D eigenvalue weighted by Gasteiger charge is -2.30. The lowest BCUT2D eigenvalue weighted by atomic mass is 9.98. The highest BCUT2D eigenvalue weighted by Crippen LogP contribution is 2.33. The first kappa shape index (κ1) is 13.9. The zero-order valence-electron chi connectivity index (χ0n) is 12.4. The number of amides is 1. The monoisotopic (exact) mass is 288 g/mol. The van der Waals surface area contributed by atoms with Crippen molar-refractivity contribution >= 4 is 5.91 Å². The summed E-state index contributed by atoms with van der Waals surface area (Å²) in [7, 11) is 0. The maximum Gasteiger partial charge on any atom is 0.276 e. The molecule has 6 nitrogen and oxygen atoms in total. The molecule has 21 heavy (non-hydrogen) atoms. The largest absolute Gasteiger partial charge is 0.364 e. The Morgan fingerprint density at radius 1 is 1.38 bits per heavy atom. The lowest BCUT2D eigenvalue weighted by Crippen LogP contribution is -2.35. The minimum absolute atomic E-state index is 0.0596. The normalized spacial score (nSPS) is 19.5. The van der Waals surface area contributed by atoms with Gasteiger partial charge in [0.15, 0.2) is 5.69 Å². The summed E-state index contributed by atoms with van der Waals surface area (Å²) < 4.78 is 4.82. The van der Waals surface area contributed by atoms with Crippen molar-refractivity contribution in [3.05, 3.63) is 35.0 Å². The molecule has 1 saturated heterocycles. The Bertz CT molecular complexity index is 598. The number of nitrogens with one attached hydrogen (secondary N) is 1. The zero-order chi connectivity index (χ0) is 14.8. The molecule has 0 bridgehead atoms. The highest BCUT2D eigenvalue weighted by molar-refractivity contribution is 5.92. The van der Waals surface area contributed by atoms with Gasteiger partial charge in [-0.25, -0.2) is 0 Å². The fourth-order valence-corrected chi connectivity index (χ4v) is 3.17. The molecule has 1 aliphatic heterocycles. The van der Waals surface area contributed by atoms with Crippen LogP contribution in [0.15, 0.2) is 16.9 Å². The van der Waals surface area contributed by atoms with E-state index in [2.05, 4.69) is 15.4 Å². The van der Waals surface area contributed by atoms with Gasteiger partial charge in [-0.2, -0.15) is 5.10 Å². The van der Waals surface area contributed by atoms with Crippen LogP contribution in [-0.2, 0) is 0 Å². The smallest absolute Gasteiger partial charge is 0.276 e. The van der Waals surface area contributed by atoms with Crippen molar-refractivity contribution in [3.63, 3.8) is 0 Å². The average molecular weight is 288 g/mol. The van der Waals surface area contributed by atoms with Crippen LogP contribution in [0.3, 0.4) is 0 Å². The molecule has 1 N–H and O–H groups in total. The molecular weight excluding hydrogens is 268 g/mol. The zero-order valence-corrected chi connectivity index (χ0v) is 12.4. The predicted octanol–water partition coefficient (Wildman–Crippen LogP) is 2.77. The molecule has 0 radical (unpaired) electrons. The van der Waals surface area contributed by atoms with E-state index in [0.29, 0.717) is 5.69 Å². The number of aromatic nitrogens is 3. The van der Waals surface area contributed by atoms with E-state index in [9.17, 15) is 4.79 Å². The molecule has 1 atom stereocenters. The molecular formula is C15H20N4O2. The Hall–Kier alpha value is -2.11. The van der Waals surface area contributed by atoms with Crippen molar-refractivity contribution in [2.24, 2.45) is 0 Å². The standard InChI is InChI=1S/C15H20N4O2/c1-10-14(11(2)17-16-10)13-6-4-3-5-8-19(13)15(20)12-7-9-21-18-12/h7,9,13H,3-6,8H2,1-2H3,(H,16,17)/t13-/m1/s1. The van der Waals surface area contributed by atoms with Crippen LogP contribution in [0.25, 0.3) is 0 Å². The second-order valence-electron chi connectivity index (χ2n) is 5.60. The first-order valence-electron chi connectivity index (χ1n) is 7.41. The maximum absolute atomic E-state index is 12.7. The van der Waals surface area contributed by atoms with E-state index in [1.54, 1.807) is 6.07 Å². The van der Waals surface area contributed by atoms with E-state index in [-0.39, 0.29) is 11.9 Å². The number of carbonyl (C=O) groups excluding carboxylic acids is 1. The predicted molar refractivity (Wildman–Crippen MR) is 76.8 cm³/mol. The van der Waals surface area contributed by atoms with Gasteiger partial charge >= 0.3 is 0 Å². The van der Waals surface area contributed by atoms with Gasteiger partial charge in [-0.3, -0.25) is 9.89 Å². The van der Waals surface area contributed by atoms with Crippen LogP contribution in [0.1, 0.15) is 59.2 Å². The van der Waals surface area contributed by atoms with E-state index in [1.165, 1.54) is 6.26 Å². The Balaban J connectivity index is 1.96. The van der Waals surface area contributed by atoms with Gasteiger partial charge in [0.25, 0.3) is 5.91 Å². The Morgan fingerprint density at radius 2 is 2.24 bits per heavy atom. The molecule has 1 amide bonds. The highest BCUT2D eigenvalue weighted by atomic mass is 16.5. The third-order valence-electron chi connectivity index (χ3n) is 4.19. The fourth-order valence-electron chi connectivity index (χ4n) is 3.17. The molecule has 3 heterocycles. The van der Waals surface area contributed by atoms with Gasteiger partial charge in [0.2, 0.25) is 0 Å². The van der Waals surface area contributed by atoms with Gasteiger partial charge < -0.3 is 9.42 Å². The van der Waals surface area contributed by atoms with E-state index in [4.69, 9.17) is 4.52 Å². The highest BCUT2D eigenvalue weighted by Gasteiger charge is 2.31. The number of hydrogen-bond acceptors (Lipinski definition) is 4. The number of nitrogens with zero attached hydrogens (tertiary/aromatic N) is 3. The van der Waals surface area contributed by atoms with Crippen LogP contribution in [0, 0.1) is 13.8 Å². The molecule has 0 aromatic carbocycles. The molecule has 0 unspecified atom stereocenters. The average Bonchev–Trinajstić information content (AvgIpc) is 3.04. The van der Waals surface area contributed by atoms with E-state index < -0.39 is 0 Å². The summed E-state index contributed by atoms with van der Waals surface area (Å²) in [6.45, 7) is 4.75. The van der Waals surface area contributed by atoms with Gasteiger partial charge in [-0.05, 0) is 26.7 Å². The molecule has 6 heteroatoms. The van der Waals surface area contributed by atoms with E-state index in [1.807, 2.05) is 18.7 Å². The molecule has 2 aromatic heterocycles. The third-order valence-corrected chi connectivity index (χ3v) is 4.19. The summed E-state index contributed by atoms with van der Waals surface area (Å²) in [6.07, 6.45) is 5.70. The summed E-state index contributed by atoms with van der Waals surface area (Å²) in [5.41, 5.74) is 3.53. The number of rotatable bonds is 2. The molecule has 0 spiro atoms. The van der Waals surface area contributed by atoms with E-state index in [0.717, 1.165) is 49.2 Å². The molecule has 112 valence electrons. The van der Waals surface area contributed by atoms with Gasteiger partial charge in [-0.1, -0.05) is 18.0 Å². The minimum Gasteiger partial charge on any atom is -0.364 e. The molecule has 3 rings (SSSR count). The minimum atomic E-state index is -0.0596. The summed E-state index contributed by atoms with van der Waals surface area (Å²) >= 11 is 0. The van der Waals surface area contributed by atoms with Crippen molar-refractivity contribution in [1.29, 1.82) is 0 Å². The van der Waals surface area contributed by atoms with Crippen LogP contribution >= 0.6 is 0 Å². The van der Waals surface area contributed by atoms with Crippen LogP contribution in [-0.4, -0.2) is 32.7 Å². The quantitative estimate of drug-likeness (QED) is 0.922. The second-order valence-corrected chi connectivity index (χ2v) is 5.60. The van der Waals surface area contributed by atoms with Crippen molar-refractivity contribution in [1.82, 2.24) is 20.3 Å². The lowest BCUT2D eigenvalue weighted by molar-refractivity contribution is 0.0669.